The van der Waals surface area contributed by atoms with E-state index in [-0.39, 0.29) is 12.6 Å². The number of carbonyl (C=O) groups is 1. The molecule has 0 spiro atoms. The van der Waals surface area contributed by atoms with Crippen molar-refractivity contribution in [1.29, 1.82) is 0 Å². The molecule has 4 nitrogen and oxygen atoms in total. The summed E-state index contributed by atoms with van der Waals surface area (Å²) in [5, 5.41) is 6.39. The second-order valence-electron chi connectivity index (χ2n) is 5.55. The summed E-state index contributed by atoms with van der Waals surface area (Å²) in [6.45, 7) is 2.46. The normalized spacial score (nSPS) is 14.0. The zero-order chi connectivity index (χ0) is 16.9. The maximum Gasteiger partial charge on any atom is 0.337 e. The van der Waals surface area contributed by atoms with Gasteiger partial charge in [0.25, 0.3) is 0 Å². The quantitative estimate of drug-likeness (QED) is 0.662. The number of benzene rings is 2. The summed E-state index contributed by atoms with van der Waals surface area (Å²) in [7, 11) is 0. The molecule has 0 saturated heterocycles. The first-order chi connectivity index (χ1) is 11.6. The smallest absolute Gasteiger partial charge is 0.337 e. The van der Waals surface area contributed by atoms with Crippen molar-refractivity contribution in [2.45, 2.75) is 13.5 Å². The number of hydrogen-bond donors (Lipinski definition) is 2. The fourth-order valence-corrected chi connectivity index (χ4v) is 2.70. The Kier molecular flexibility index (Phi) is 4.91. The molecular formula is C19H18N2O2S. The summed E-state index contributed by atoms with van der Waals surface area (Å²) in [5.74, 6) is -0.331. The van der Waals surface area contributed by atoms with E-state index in [1.165, 1.54) is 0 Å². The Balaban J connectivity index is 1.62. The van der Waals surface area contributed by atoms with Crippen LogP contribution in [0.4, 0.5) is 0 Å². The molecule has 0 amide bonds. The lowest BCUT2D eigenvalue weighted by Crippen LogP contribution is -2.42. The van der Waals surface area contributed by atoms with Crippen LogP contribution in [0.25, 0.3) is 11.1 Å². The van der Waals surface area contributed by atoms with Crippen molar-refractivity contribution >= 4 is 23.3 Å². The summed E-state index contributed by atoms with van der Waals surface area (Å²) in [5.41, 5.74) is 4.57. The molecule has 1 aliphatic rings. The molecule has 0 saturated carbocycles. The number of thiocarbonyl (C=S) groups is 1. The van der Waals surface area contributed by atoms with Gasteiger partial charge in [-0.2, -0.15) is 0 Å². The van der Waals surface area contributed by atoms with Gasteiger partial charge in [0.1, 0.15) is 6.61 Å². The molecule has 24 heavy (non-hydrogen) atoms. The van der Waals surface area contributed by atoms with Crippen molar-refractivity contribution in [3.63, 3.8) is 0 Å². The van der Waals surface area contributed by atoms with Crippen LogP contribution >= 0.6 is 12.2 Å². The zero-order valence-electron chi connectivity index (χ0n) is 13.3. The number of esters is 1. The van der Waals surface area contributed by atoms with Crippen molar-refractivity contribution in [3.05, 3.63) is 71.4 Å². The Bertz CT molecular complexity index is 783. The summed E-state index contributed by atoms with van der Waals surface area (Å²) in [6.07, 6.45) is 0. The maximum atomic E-state index is 12.2. The summed E-state index contributed by atoms with van der Waals surface area (Å²) in [6, 6.07) is 18.2. The van der Waals surface area contributed by atoms with Crippen LogP contribution in [0.5, 0.6) is 0 Å². The molecule has 122 valence electrons. The minimum absolute atomic E-state index is 0.245. The average Bonchev–Trinajstić information content (AvgIpc) is 2.61. The van der Waals surface area contributed by atoms with Gasteiger partial charge in [-0.15, -0.1) is 0 Å². The predicted molar refractivity (Wildman–Crippen MR) is 98.1 cm³/mol. The van der Waals surface area contributed by atoms with Crippen LogP contribution in [-0.4, -0.2) is 17.6 Å². The molecule has 1 heterocycles. The van der Waals surface area contributed by atoms with E-state index in [4.69, 9.17) is 17.0 Å². The van der Waals surface area contributed by atoms with Gasteiger partial charge in [-0.05, 0) is 35.8 Å². The van der Waals surface area contributed by atoms with Crippen LogP contribution in [-0.2, 0) is 16.1 Å². The van der Waals surface area contributed by atoms with Gasteiger partial charge in [0.15, 0.2) is 5.11 Å². The standard InChI is InChI=1S/C19H18N2O2S/c1-13-17(11-20-19(24)21-13)18(22)23-12-14-7-9-16(10-8-14)15-5-3-2-4-6-15/h2-10H,11-12H2,1H3,(H2,20,21,24). The Labute approximate surface area is 146 Å². The first-order valence-electron chi connectivity index (χ1n) is 7.69. The summed E-state index contributed by atoms with van der Waals surface area (Å²) < 4.78 is 5.40. The topological polar surface area (TPSA) is 50.4 Å². The Hall–Kier alpha value is -2.66. The van der Waals surface area contributed by atoms with Crippen LogP contribution in [0.1, 0.15) is 12.5 Å². The van der Waals surface area contributed by atoms with E-state index in [1.807, 2.05) is 49.4 Å². The van der Waals surface area contributed by atoms with Gasteiger partial charge in [0.2, 0.25) is 0 Å². The first kappa shape index (κ1) is 16.2. The van der Waals surface area contributed by atoms with E-state index in [0.717, 1.165) is 22.4 Å². The Morgan fingerprint density at radius 2 is 1.75 bits per heavy atom. The van der Waals surface area contributed by atoms with Crippen molar-refractivity contribution < 1.29 is 9.53 Å². The van der Waals surface area contributed by atoms with E-state index in [2.05, 4.69) is 22.8 Å². The third kappa shape index (κ3) is 3.81. The molecule has 0 bridgehead atoms. The number of carbonyl (C=O) groups excluding carboxylic acids is 1. The minimum Gasteiger partial charge on any atom is -0.457 e. The lowest BCUT2D eigenvalue weighted by atomic mass is 10.0. The highest BCUT2D eigenvalue weighted by Crippen LogP contribution is 2.19. The highest BCUT2D eigenvalue weighted by Gasteiger charge is 2.19. The second-order valence-corrected chi connectivity index (χ2v) is 5.96. The molecule has 0 fully saturated rings. The SMILES string of the molecule is CC1=C(C(=O)OCc2ccc(-c3ccccc3)cc2)CNC(=S)N1. The van der Waals surface area contributed by atoms with Crippen molar-refractivity contribution in [3.8, 4) is 11.1 Å². The van der Waals surface area contributed by atoms with Crippen LogP contribution < -0.4 is 10.6 Å². The first-order valence-corrected chi connectivity index (χ1v) is 8.10. The molecule has 5 heteroatoms. The molecule has 0 aliphatic carbocycles. The third-order valence-electron chi connectivity index (χ3n) is 3.86. The summed E-state index contributed by atoms with van der Waals surface area (Å²) in [4.78, 5) is 12.2. The summed E-state index contributed by atoms with van der Waals surface area (Å²) >= 11 is 5.01. The number of allylic oxidation sites excluding steroid dienone is 1. The van der Waals surface area contributed by atoms with Crippen molar-refractivity contribution in [1.82, 2.24) is 10.6 Å². The van der Waals surface area contributed by atoms with Gasteiger partial charge >= 0.3 is 5.97 Å². The largest absolute Gasteiger partial charge is 0.457 e. The number of nitrogens with one attached hydrogen (secondary N) is 2. The van der Waals surface area contributed by atoms with E-state index in [1.54, 1.807) is 0 Å². The monoisotopic (exact) mass is 338 g/mol. The predicted octanol–water partition coefficient (Wildman–Crippen LogP) is 3.15. The van der Waals surface area contributed by atoms with Crippen LogP contribution in [0.3, 0.4) is 0 Å². The van der Waals surface area contributed by atoms with Crippen LogP contribution in [0.15, 0.2) is 65.9 Å². The number of rotatable bonds is 4. The van der Waals surface area contributed by atoms with Crippen LogP contribution in [0.2, 0.25) is 0 Å². The Morgan fingerprint density at radius 3 is 2.42 bits per heavy atom. The van der Waals surface area contributed by atoms with Gasteiger partial charge in [0.05, 0.1) is 12.1 Å². The molecule has 2 N–H and O–H groups in total. The van der Waals surface area contributed by atoms with Gasteiger partial charge in [-0.1, -0.05) is 54.6 Å². The molecule has 0 radical (unpaired) electrons. The third-order valence-corrected chi connectivity index (χ3v) is 4.10. The lowest BCUT2D eigenvalue weighted by molar-refractivity contribution is -0.140. The Morgan fingerprint density at radius 1 is 1.08 bits per heavy atom. The molecule has 0 atom stereocenters. The van der Waals surface area contributed by atoms with Gasteiger partial charge in [-0.25, -0.2) is 4.79 Å². The molecule has 1 aliphatic heterocycles. The lowest BCUT2D eigenvalue weighted by Gasteiger charge is -2.20. The average molecular weight is 338 g/mol. The highest BCUT2D eigenvalue weighted by atomic mass is 32.1. The van der Waals surface area contributed by atoms with E-state index in [9.17, 15) is 4.79 Å². The van der Waals surface area contributed by atoms with Crippen molar-refractivity contribution in [2.75, 3.05) is 6.54 Å². The number of hydrogen-bond acceptors (Lipinski definition) is 3. The molecule has 0 aromatic heterocycles. The van der Waals surface area contributed by atoms with Crippen molar-refractivity contribution in [2.24, 2.45) is 0 Å². The highest BCUT2D eigenvalue weighted by molar-refractivity contribution is 7.80. The zero-order valence-corrected chi connectivity index (χ0v) is 14.2. The fourth-order valence-electron chi connectivity index (χ4n) is 2.48. The van der Waals surface area contributed by atoms with E-state index >= 15 is 0 Å². The van der Waals surface area contributed by atoms with Gasteiger partial charge < -0.3 is 15.4 Å². The fraction of sp³-hybridized carbons (Fsp3) is 0.158. The van der Waals surface area contributed by atoms with E-state index in [0.29, 0.717) is 17.2 Å². The van der Waals surface area contributed by atoms with Gasteiger partial charge in [0, 0.05) is 5.70 Å². The van der Waals surface area contributed by atoms with E-state index < -0.39 is 0 Å². The van der Waals surface area contributed by atoms with Gasteiger partial charge in [-0.3, -0.25) is 0 Å². The second kappa shape index (κ2) is 7.27. The minimum atomic E-state index is -0.331. The molecule has 3 rings (SSSR count). The molecule has 2 aromatic rings. The number of ether oxygens (including phenoxy) is 1. The molecular weight excluding hydrogens is 320 g/mol. The molecule has 0 unspecified atom stereocenters. The molecule has 2 aromatic carbocycles. The maximum absolute atomic E-state index is 12.2. The van der Waals surface area contributed by atoms with Crippen LogP contribution in [0, 0.1) is 0 Å².